The van der Waals surface area contributed by atoms with E-state index >= 15 is 0 Å². The molecule has 0 bridgehead atoms. The van der Waals surface area contributed by atoms with Crippen LogP contribution in [0.3, 0.4) is 0 Å². The van der Waals surface area contributed by atoms with E-state index in [0.29, 0.717) is 11.4 Å². The number of halogens is 2. The molecule has 0 fully saturated rings. The van der Waals surface area contributed by atoms with Crippen molar-refractivity contribution in [2.24, 2.45) is 0 Å². The number of pyridine rings is 1. The van der Waals surface area contributed by atoms with Gasteiger partial charge in [0.05, 0.1) is 6.04 Å². The van der Waals surface area contributed by atoms with Gasteiger partial charge in [-0.3, -0.25) is 0 Å². The predicted molar refractivity (Wildman–Crippen MR) is 64.3 cm³/mol. The summed E-state index contributed by atoms with van der Waals surface area (Å²) in [7, 11) is 0. The van der Waals surface area contributed by atoms with Crippen molar-refractivity contribution in [1.29, 1.82) is 0 Å². The summed E-state index contributed by atoms with van der Waals surface area (Å²) in [5.74, 6) is -0.738. The lowest BCUT2D eigenvalue weighted by molar-refractivity contribution is 0.462. The molecule has 2 aromatic rings. The van der Waals surface area contributed by atoms with E-state index in [1.165, 1.54) is 30.3 Å². The van der Waals surface area contributed by atoms with Gasteiger partial charge in [-0.15, -0.1) is 0 Å². The van der Waals surface area contributed by atoms with Crippen molar-refractivity contribution in [3.63, 3.8) is 0 Å². The minimum Gasteiger partial charge on any atom is -0.508 e. The molecule has 1 aromatic carbocycles. The highest BCUT2D eigenvalue weighted by Crippen LogP contribution is 2.27. The lowest BCUT2D eigenvalue weighted by Gasteiger charge is -2.16. The molecule has 0 radical (unpaired) electrons. The van der Waals surface area contributed by atoms with E-state index < -0.39 is 17.8 Å². The van der Waals surface area contributed by atoms with E-state index in [0.717, 1.165) is 0 Å². The zero-order chi connectivity index (χ0) is 13.1. The molecule has 0 amide bonds. The zero-order valence-corrected chi connectivity index (χ0v) is 9.69. The van der Waals surface area contributed by atoms with E-state index in [1.54, 1.807) is 13.0 Å². The number of aromatic hydroxyl groups is 1. The number of nitrogens with one attached hydrogen (secondary N) is 1. The summed E-state index contributed by atoms with van der Waals surface area (Å²) in [5.41, 5.74) is 0.390. The fourth-order valence-electron chi connectivity index (χ4n) is 1.66. The van der Waals surface area contributed by atoms with Crippen LogP contribution in [0.15, 0.2) is 36.4 Å². The minimum absolute atomic E-state index is 0.0206. The number of anilines is 1. The highest BCUT2D eigenvalue weighted by Gasteiger charge is 2.12. The monoisotopic (exact) mass is 250 g/mol. The second-order valence-corrected chi connectivity index (χ2v) is 3.91. The minimum atomic E-state index is -0.601. The van der Waals surface area contributed by atoms with Gasteiger partial charge in [-0.1, -0.05) is 6.07 Å². The molecule has 1 aromatic heterocycles. The Morgan fingerprint density at radius 3 is 2.72 bits per heavy atom. The molecular weight excluding hydrogens is 238 g/mol. The largest absolute Gasteiger partial charge is 0.508 e. The van der Waals surface area contributed by atoms with Crippen molar-refractivity contribution < 1.29 is 13.9 Å². The molecule has 2 rings (SSSR count). The number of aromatic nitrogens is 1. The van der Waals surface area contributed by atoms with Crippen molar-refractivity contribution in [2.45, 2.75) is 13.0 Å². The summed E-state index contributed by atoms with van der Waals surface area (Å²) in [6.45, 7) is 1.72. The number of nitrogens with zero attached hydrogens (tertiary/aromatic N) is 1. The van der Waals surface area contributed by atoms with Gasteiger partial charge < -0.3 is 10.4 Å². The van der Waals surface area contributed by atoms with Crippen LogP contribution in [0.4, 0.5) is 14.6 Å². The first-order chi connectivity index (χ1) is 8.56. The molecule has 0 saturated carbocycles. The summed E-state index contributed by atoms with van der Waals surface area (Å²) >= 11 is 0. The van der Waals surface area contributed by atoms with Crippen molar-refractivity contribution in [3.05, 3.63) is 53.7 Å². The van der Waals surface area contributed by atoms with Crippen LogP contribution in [0.2, 0.25) is 0 Å². The number of hydrogen-bond donors (Lipinski definition) is 2. The SMILES string of the molecule is CC(Nc1cccc(F)n1)c1cc(F)ccc1O. The topological polar surface area (TPSA) is 45.2 Å². The first kappa shape index (κ1) is 12.3. The summed E-state index contributed by atoms with van der Waals surface area (Å²) < 4.78 is 26.0. The number of phenols is 1. The van der Waals surface area contributed by atoms with Crippen LogP contribution in [0.25, 0.3) is 0 Å². The Morgan fingerprint density at radius 2 is 2.00 bits per heavy atom. The molecule has 1 heterocycles. The van der Waals surface area contributed by atoms with E-state index in [1.807, 2.05) is 0 Å². The molecule has 0 aliphatic carbocycles. The molecule has 3 nitrogen and oxygen atoms in total. The number of benzene rings is 1. The molecule has 0 aliphatic rings. The normalized spacial score (nSPS) is 12.2. The van der Waals surface area contributed by atoms with Crippen molar-refractivity contribution in [1.82, 2.24) is 4.98 Å². The van der Waals surface area contributed by atoms with E-state index in [-0.39, 0.29) is 5.75 Å². The van der Waals surface area contributed by atoms with E-state index in [4.69, 9.17) is 0 Å². The number of phenolic OH excluding ortho intramolecular Hbond substituents is 1. The predicted octanol–water partition coefficient (Wildman–Crippen LogP) is 3.24. The summed E-state index contributed by atoms with van der Waals surface area (Å²) in [5, 5.41) is 12.5. The Balaban J connectivity index is 2.21. The van der Waals surface area contributed by atoms with Crippen LogP contribution in [0, 0.1) is 11.8 Å². The average Bonchev–Trinajstić information content (AvgIpc) is 2.32. The molecule has 0 spiro atoms. The second-order valence-electron chi connectivity index (χ2n) is 3.91. The summed E-state index contributed by atoms with van der Waals surface area (Å²) in [4.78, 5) is 3.64. The Labute approximate surface area is 103 Å². The third-order valence-corrected chi connectivity index (χ3v) is 2.54. The van der Waals surface area contributed by atoms with Gasteiger partial charge in [0.2, 0.25) is 5.95 Å². The van der Waals surface area contributed by atoms with Gasteiger partial charge in [0.25, 0.3) is 0 Å². The number of hydrogen-bond acceptors (Lipinski definition) is 3. The van der Waals surface area contributed by atoms with Crippen LogP contribution in [0.5, 0.6) is 5.75 Å². The van der Waals surface area contributed by atoms with Crippen molar-refractivity contribution >= 4 is 5.82 Å². The first-order valence-electron chi connectivity index (χ1n) is 5.44. The highest BCUT2D eigenvalue weighted by atomic mass is 19.1. The third-order valence-electron chi connectivity index (χ3n) is 2.54. The fraction of sp³-hybridized carbons (Fsp3) is 0.154. The number of rotatable bonds is 3. The average molecular weight is 250 g/mol. The van der Waals surface area contributed by atoms with Gasteiger partial charge in [0.15, 0.2) is 0 Å². The van der Waals surface area contributed by atoms with Gasteiger partial charge in [0.1, 0.15) is 17.4 Å². The van der Waals surface area contributed by atoms with E-state index in [9.17, 15) is 13.9 Å². The van der Waals surface area contributed by atoms with Gasteiger partial charge >= 0.3 is 0 Å². The maximum Gasteiger partial charge on any atom is 0.214 e. The molecule has 94 valence electrons. The summed E-state index contributed by atoms with van der Waals surface area (Å²) in [6, 6.07) is 7.63. The van der Waals surface area contributed by atoms with Gasteiger partial charge in [-0.2, -0.15) is 4.39 Å². The van der Waals surface area contributed by atoms with Gasteiger partial charge in [0, 0.05) is 5.56 Å². The molecule has 1 unspecified atom stereocenters. The maximum absolute atomic E-state index is 13.1. The maximum atomic E-state index is 13.1. The lowest BCUT2D eigenvalue weighted by Crippen LogP contribution is -2.08. The molecule has 0 saturated heterocycles. The Hall–Kier alpha value is -2.17. The third kappa shape index (κ3) is 2.74. The molecule has 2 N–H and O–H groups in total. The molecule has 18 heavy (non-hydrogen) atoms. The van der Waals surface area contributed by atoms with Crippen LogP contribution in [-0.2, 0) is 0 Å². The zero-order valence-electron chi connectivity index (χ0n) is 9.69. The molecular formula is C13H12F2N2O. The van der Waals surface area contributed by atoms with E-state index in [2.05, 4.69) is 10.3 Å². The van der Waals surface area contributed by atoms with Crippen molar-refractivity contribution in [2.75, 3.05) is 5.32 Å². The van der Waals surface area contributed by atoms with Crippen LogP contribution < -0.4 is 5.32 Å². The smallest absolute Gasteiger partial charge is 0.214 e. The fourth-order valence-corrected chi connectivity index (χ4v) is 1.66. The Bertz CT molecular complexity index is 560. The van der Waals surface area contributed by atoms with Crippen LogP contribution >= 0.6 is 0 Å². The van der Waals surface area contributed by atoms with Gasteiger partial charge in [-0.25, -0.2) is 9.37 Å². The highest BCUT2D eigenvalue weighted by molar-refractivity contribution is 5.42. The van der Waals surface area contributed by atoms with Crippen LogP contribution in [-0.4, -0.2) is 10.1 Å². The molecule has 1 atom stereocenters. The van der Waals surface area contributed by atoms with Gasteiger partial charge in [-0.05, 0) is 37.3 Å². The molecule has 0 aliphatic heterocycles. The quantitative estimate of drug-likeness (QED) is 0.822. The summed E-state index contributed by atoms with van der Waals surface area (Å²) in [6.07, 6.45) is 0. The van der Waals surface area contributed by atoms with Crippen molar-refractivity contribution in [3.8, 4) is 5.75 Å². The second kappa shape index (κ2) is 5.00. The van der Waals surface area contributed by atoms with Crippen LogP contribution in [0.1, 0.15) is 18.5 Å². The molecule has 5 heteroatoms. The first-order valence-corrected chi connectivity index (χ1v) is 5.44. The Kier molecular flexibility index (Phi) is 3.41. The lowest BCUT2D eigenvalue weighted by atomic mass is 10.1. The Morgan fingerprint density at radius 1 is 1.22 bits per heavy atom. The standard InChI is InChI=1S/C13H12F2N2O/c1-8(10-7-9(14)5-6-11(10)18)16-13-4-2-3-12(15)17-13/h2-8,18H,1H3,(H,16,17).